The van der Waals surface area contributed by atoms with Crippen LogP contribution in [0.4, 0.5) is 0 Å². The van der Waals surface area contributed by atoms with Crippen LogP contribution in [-0.4, -0.2) is 17.5 Å². The first kappa shape index (κ1) is 9.63. The normalized spacial score (nSPS) is 14.8. The SMILES string of the molecule is CC(C)(C)CC(O)CC=O. The molecule has 0 saturated heterocycles. The van der Waals surface area contributed by atoms with Gasteiger partial charge in [0.1, 0.15) is 6.29 Å². The molecule has 1 atom stereocenters. The zero-order valence-corrected chi connectivity index (χ0v) is 6.92. The molecule has 0 aliphatic carbocycles. The molecule has 0 bridgehead atoms. The van der Waals surface area contributed by atoms with Crippen molar-refractivity contribution < 1.29 is 9.90 Å². The Labute approximate surface area is 62.2 Å². The Hall–Kier alpha value is -0.370. The van der Waals surface area contributed by atoms with Gasteiger partial charge in [-0.15, -0.1) is 0 Å². The highest BCUT2D eigenvalue weighted by molar-refractivity contribution is 5.49. The number of aliphatic hydroxyl groups excluding tert-OH is 1. The van der Waals surface area contributed by atoms with Gasteiger partial charge in [-0.2, -0.15) is 0 Å². The Morgan fingerprint density at radius 1 is 1.50 bits per heavy atom. The summed E-state index contributed by atoms with van der Waals surface area (Å²) in [5, 5.41) is 9.15. The van der Waals surface area contributed by atoms with E-state index < -0.39 is 6.10 Å². The molecule has 0 aliphatic heterocycles. The molecule has 0 heterocycles. The summed E-state index contributed by atoms with van der Waals surface area (Å²) in [5.74, 6) is 0. The quantitative estimate of drug-likeness (QED) is 0.607. The van der Waals surface area contributed by atoms with Crippen LogP contribution < -0.4 is 0 Å². The van der Waals surface area contributed by atoms with Gasteiger partial charge in [-0.1, -0.05) is 20.8 Å². The zero-order chi connectivity index (χ0) is 8.20. The Morgan fingerprint density at radius 3 is 2.30 bits per heavy atom. The number of hydrogen-bond donors (Lipinski definition) is 1. The smallest absolute Gasteiger partial charge is 0.122 e. The number of carbonyl (C=O) groups is 1. The number of carbonyl (C=O) groups excluding carboxylic acids is 1. The fourth-order valence-electron chi connectivity index (χ4n) is 0.901. The van der Waals surface area contributed by atoms with Crippen LogP contribution in [0, 0.1) is 5.41 Å². The highest BCUT2D eigenvalue weighted by atomic mass is 16.3. The van der Waals surface area contributed by atoms with E-state index in [1.54, 1.807) is 0 Å². The van der Waals surface area contributed by atoms with Gasteiger partial charge in [0.15, 0.2) is 0 Å². The summed E-state index contributed by atoms with van der Waals surface area (Å²) >= 11 is 0. The highest BCUT2D eigenvalue weighted by Crippen LogP contribution is 2.21. The molecular weight excluding hydrogens is 128 g/mol. The molecule has 0 aromatic rings. The maximum Gasteiger partial charge on any atom is 0.122 e. The van der Waals surface area contributed by atoms with E-state index in [2.05, 4.69) is 0 Å². The average Bonchev–Trinajstić information content (AvgIpc) is 1.59. The van der Waals surface area contributed by atoms with E-state index in [1.807, 2.05) is 20.8 Å². The Kier molecular flexibility index (Phi) is 3.58. The van der Waals surface area contributed by atoms with E-state index in [1.165, 1.54) is 0 Å². The molecule has 0 fully saturated rings. The van der Waals surface area contributed by atoms with Crippen molar-refractivity contribution in [2.24, 2.45) is 5.41 Å². The first-order valence-corrected chi connectivity index (χ1v) is 3.57. The van der Waals surface area contributed by atoms with Crippen molar-refractivity contribution in [2.75, 3.05) is 0 Å². The zero-order valence-electron chi connectivity index (χ0n) is 6.92. The minimum absolute atomic E-state index is 0.114. The number of rotatable bonds is 3. The lowest BCUT2D eigenvalue weighted by Crippen LogP contribution is -2.17. The van der Waals surface area contributed by atoms with Crippen LogP contribution in [0.15, 0.2) is 0 Å². The van der Waals surface area contributed by atoms with Crippen molar-refractivity contribution >= 4 is 6.29 Å². The van der Waals surface area contributed by atoms with Crippen LogP contribution in [0.3, 0.4) is 0 Å². The lowest BCUT2D eigenvalue weighted by Gasteiger charge is -2.20. The monoisotopic (exact) mass is 144 g/mol. The molecule has 2 nitrogen and oxygen atoms in total. The van der Waals surface area contributed by atoms with Crippen molar-refractivity contribution in [3.8, 4) is 0 Å². The minimum Gasteiger partial charge on any atom is -0.393 e. The Bertz CT molecular complexity index is 102. The second-order valence-electron chi connectivity index (χ2n) is 3.82. The van der Waals surface area contributed by atoms with Crippen molar-refractivity contribution in [3.05, 3.63) is 0 Å². The second kappa shape index (κ2) is 3.71. The lowest BCUT2D eigenvalue weighted by molar-refractivity contribution is -0.109. The standard InChI is InChI=1S/C8H16O2/c1-8(2,3)6-7(10)4-5-9/h5,7,10H,4,6H2,1-3H3. The van der Waals surface area contributed by atoms with Crippen molar-refractivity contribution in [1.82, 2.24) is 0 Å². The first-order valence-electron chi connectivity index (χ1n) is 3.57. The summed E-state index contributed by atoms with van der Waals surface area (Å²) in [7, 11) is 0. The van der Waals surface area contributed by atoms with Gasteiger partial charge in [-0.3, -0.25) is 0 Å². The van der Waals surface area contributed by atoms with Crippen LogP contribution >= 0.6 is 0 Å². The third-order valence-electron chi connectivity index (χ3n) is 1.22. The predicted molar refractivity (Wildman–Crippen MR) is 40.8 cm³/mol. The van der Waals surface area contributed by atoms with E-state index >= 15 is 0 Å². The number of aldehydes is 1. The van der Waals surface area contributed by atoms with Gasteiger partial charge in [0.2, 0.25) is 0 Å². The minimum atomic E-state index is -0.461. The first-order chi connectivity index (χ1) is 4.45. The third-order valence-corrected chi connectivity index (χ3v) is 1.22. The summed E-state index contributed by atoms with van der Waals surface area (Å²) < 4.78 is 0. The molecule has 60 valence electrons. The predicted octanol–water partition coefficient (Wildman–Crippen LogP) is 1.37. The van der Waals surface area contributed by atoms with E-state index in [-0.39, 0.29) is 11.8 Å². The molecule has 2 heteroatoms. The molecule has 0 aromatic heterocycles. The summed E-state index contributed by atoms with van der Waals surface area (Å²) in [4.78, 5) is 9.94. The summed E-state index contributed by atoms with van der Waals surface area (Å²) in [6.45, 7) is 6.13. The maximum absolute atomic E-state index is 9.94. The second-order valence-corrected chi connectivity index (χ2v) is 3.82. The van der Waals surface area contributed by atoms with Crippen molar-refractivity contribution in [2.45, 2.75) is 39.7 Å². The topological polar surface area (TPSA) is 37.3 Å². The fourth-order valence-corrected chi connectivity index (χ4v) is 0.901. The highest BCUT2D eigenvalue weighted by Gasteiger charge is 2.15. The third kappa shape index (κ3) is 5.76. The molecule has 0 aliphatic rings. The average molecular weight is 144 g/mol. The van der Waals surface area contributed by atoms with Crippen molar-refractivity contribution in [3.63, 3.8) is 0 Å². The van der Waals surface area contributed by atoms with Crippen LogP contribution in [0.1, 0.15) is 33.6 Å². The molecule has 0 saturated carbocycles. The summed E-state index contributed by atoms with van der Waals surface area (Å²) in [5.41, 5.74) is 0.114. The van der Waals surface area contributed by atoms with E-state index in [0.29, 0.717) is 6.42 Å². The molecule has 0 aromatic carbocycles. The van der Waals surface area contributed by atoms with E-state index in [0.717, 1.165) is 6.29 Å². The Balaban J connectivity index is 3.56. The van der Waals surface area contributed by atoms with Crippen molar-refractivity contribution in [1.29, 1.82) is 0 Å². The van der Waals surface area contributed by atoms with Gasteiger partial charge in [0.05, 0.1) is 6.10 Å². The van der Waals surface area contributed by atoms with Crippen LogP contribution in [0.25, 0.3) is 0 Å². The van der Waals surface area contributed by atoms with Gasteiger partial charge < -0.3 is 9.90 Å². The molecular formula is C8H16O2. The molecule has 0 amide bonds. The Morgan fingerprint density at radius 2 is 2.00 bits per heavy atom. The number of aliphatic hydroxyl groups is 1. The maximum atomic E-state index is 9.94. The van der Waals surface area contributed by atoms with E-state index in [4.69, 9.17) is 5.11 Å². The lowest BCUT2D eigenvalue weighted by atomic mass is 9.88. The molecule has 1 unspecified atom stereocenters. The van der Waals surface area contributed by atoms with Gasteiger partial charge in [0, 0.05) is 6.42 Å². The molecule has 0 spiro atoms. The van der Waals surface area contributed by atoms with Crippen LogP contribution in [0.2, 0.25) is 0 Å². The van der Waals surface area contributed by atoms with Gasteiger partial charge in [-0.05, 0) is 11.8 Å². The van der Waals surface area contributed by atoms with E-state index in [9.17, 15) is 4.79 Å². The summed E-state index contributed by atoms with van der Waals surface area (Å²) in [6, 6.07) is 0. The van der Waals surface area contributed by atoms with Crippen LogP contribution in [-0.2, 0) is 4.79 Å². The van der Waals surface area contributed by atoms with Gasteiger partial charge in [0.25, 0.3) is 0 Å². The van der Waals surface area contributed by atoms with Gasteiger partial charge >= 0.3 is 0 Å². The van der Waals surface area contributed by atoms with Crippen LogP contribution in [0.5, 0.6) is 0 Å². The summed E-state index contributed by atoms with van der Waals surface area (Å²) in [6.07, 6.45) is 1.25. The molecule has 1 N–H and O–H groups in total. The fraction of sp³-hybridized carbons (Fsp3) is 0.875. The molecule has 0 rings (SSSR count). The molecule has 10 heavy (non-hydrogen) atoms. The largest absolute Gasteiger partial charge is 0.393 e. The molecule has 0 radical (unpaired) electrons. The van der Waals surface area contributed by atoms with Gasteiger partial charge in [-0.25, -0.2) is 0 Å². The number of hydrogen-bond acceptors (Lipinski definition) is 2.